The van der Waals surface area contributed by atoms with Crippen molar-refractivity contribution >= 4 is 62.2 Å². The second kappa shape index (κ2) is 9.98. The number of hydrogen-bond donors (Lipinski definition) is 0. The van der Waals surface area contributed by atoms with Crippen LogP contribution in [0.4, 0.5) is 0 Å². The molecule has 0 atom stereocenters. The van der Waals surface area contributed by atoms with Crippen LogP contribution in [0.15, 0.2) is 145 Å². The van der Waals surface area contributed by atoms with Gasteiger partial charge in [-0.15, -0.1) is 0 Å². The van der Waals surface area contributed by atoms with Gasteiger partial charge in [-0.3, -0.25) is 4.57 Å². The summed E-state index contributed by atoms with van der Waals surface area (Å²) in [7, 11) is 0. The predicted molar refractivity (Wildman–Crippen MR) is 175 cm³/mol. The van der Waals surface area contributed by atoms with Crippen LogP contribution in [0.1, 0.15) is 17.0 Å². The molecule has 7 rings (SSSR count). The van der Waals surface area contributed by atoms with Crippen LogP contribution in [-0.2, 0) is 0 Å². The zero-order chi connectivity index (χ0) is 27.1. The van der Waals surface area contributed by atoms with Gasteiger partial charge in [0.25, 0.3) is 0 Å². The van der Waals surface area contributed by atoms with Crippen molar-refractivity contribution in [2.75, 3.05) is 0 Å². The highest BCUT2D eigenvalue weighted by Gasteiger charge is 2.38. The average molecular weight is 552 g/mol. The number of aryl methyl sites for hydroxylation is 1. The van der Waals surface area contributed by atoms with Crippen molar-refractivity contribution in [1.29, 1.82) is 0 Å². The van der Waals surface area contributed by atoms with Gasteiger partial charge in [0.15, 0.2) is 5.82 Å². The highest BCUT2D eigenvalue weighted by Crippen LogP contribution is 2.49. The van der Waals surface area contributed by atoms with E-state index >= 15 is 0 Å². The fourth-order valence-electron chi connectivity index (χ4n) is 5.67. The highest BCUT2D eigenvalue weighted by molar-refractivity contribution is 7.99. The molecule has 5 heteroatoms. The van der Waals surface area contributed by atoms with Gasteiger partial charge in [-0.2, -0.15) is 0 Å². The minimum atomic E-state index is -2.51. The number of para-hydroxylation sites is 2. The summed E-state index contributed by atoms with van der Waals surface area (Å²) in [5.41, 5.74) is 4.16. The smallest absolute Gasteiger partial charge is 0.151 e. The molecule has 5 aromatic carbocycles. The second-order valence-corrected chi connectivity index (χ2v) is 13.6. The van der Waals surface area contributed by atoms with Crippen LogP contribution in [0.3, 0.4) is 0 Å². The van der Waals surface area contributed by atoms with E-state index in [1.165, 1.54) is 21.5 Å². The Morgan fingerprint density at radius 1 is 0.600 bits per heavy atom. The van der Waals surface area contributed by atoms with Crippen molar-refractivity contribution in [3.05, 3.63) is 156 Å². The Labute approximate surface area is 239 Å². The summed E-state index contributed by atoms with van der Waals surface area (Å²) < 4.78 is 2.22. The van der Waals surface area contributed by atoms with E-state index in [4.69, 9.17) is 22.2 Å². The third-order valence-electron chi connectivity index (χ3n) is 7.47. The lowest BCUT2D eigenvalue weighted by atomic mass is 10.1. The quantitative estimate of drug-likeness (QED) is 0.185. The first-order valence-corrected chi connectivity index (χ1v) is 15.5. The maximum Gasteiger partial charge on any atom is 0.151 e. The van der Waals surface area contributed by atoms with E-state index in [1.54, 1.807) is 0 Å². The first kappa shape index (κ1) is 24.7. The van der Waals surface area contributed by atoms with Gasteiger partial charge in [0, 0.05) is 5.56 Å². The normalized spacial score (nSPS) is 13.3. The molecule has 192 valence electrons. The molecule has 1 aliphatic rings. The number of benzene rings is 5. The van der Waals surface area contributed by atoms with Gasteiger partial charge in [0.05, 0.1) is 16.3 Å². The van der Waals surface area contributed by atoms with E-state index in [2.05, 4.69) is 145 Å². The van der Waals surface area contributed by atoms with Crippen molar-refractivity contribution in [2.24, 2.45) is 4.99 Å². The van der Waals surface area contributed by atoms with E-state index in [9.17, 15) is 0 Å². The summed E-state index contributed by atoms with van der Waals surface area (Å²) in [4.78, 5) is 11.1. The molecule has 0 spiro atoms. The van der Waals surface area contributed by atoms with E-state index in [-0.39, 0.29) is 0 Å². The van der Waals surface area contributed by atoms with Crippen molar-refractivity contribution in [2.45, 2.75) is 6.92 Å². The summed E-state index contributed by atoms with van der Waals surface area (Å²) in [5, 5.41) is 4.67. The number of imidazole rings is 1. The molecule has 1 aliphatic heterocycles. The summed E-state index contributed by atoms with van der Waals surface area (Å²) in [6.45, 7) is -0.417. The summed E-state index contributed by atoms with van der Waals surface area (Å²) in [6.07, 6.45) is 0. The standard InChI is InChI=1S/C35H26N3PS/c1-25-21-23-26(24-22-25)33-37-35(40)32(34-36-30-19-11-12-20-31(30)38(33)34)39(27-13-5-2-6-14-27,28-15-7-3-8-16-28)29-17-9-4-10-18-29/h2-24H,1H3. The molecule has 6 aromatic rings. The zero-order valence-electron chi connectivity index (χ0n) is 22.0. The molecule has 0 saturated carbocycles. The molecule has 0 unspecified atom stereocenters. The lowest BCUT2D eigenvalue weighted by Crippen LogP contribution is -2.38. The van der Waals surface area contributed by atoms with E-state index < -0.39 is 6.89 Å². The van der Waals surface area contributed by atoms with Crippen molar-refractivity contribution < 1.29 is 0 Å². The Bertz CT molecular complexity index is 1850. The van der Waals surface area contributed by atoms with E-state index in [1.807, 2.05) is 6.07 Å². The molecule has 0 fully saturated rings. The molecule has 1 aromatic heterocycles. The van der Waals surface area contributed by atoms with Crippen molar-refractivity contribution in [3.8, 4) is 0 Å². The van der Waals surface area contributed by atoms with Gasteiger partial charge in [0.2, 0.25) is 0 Å². The highest BCUT2D eigenvalue weighted by atomic mass is 32.1. The molecule has 0 N–H and O–H groups in total. The minimum absolute atomic E-state index is 0.586. The summed E-state index contributed by atoms with van der Waals surface area (Å²) >= 11 is 6.31. The zero-order valence-corrected chi connectivity index (χ0v) is 23.7. The first-order valence-electron chi connectivity index (χ1n) is 13.3. The number of fused-ring (bicyclic) bond motifs is 3. The lowest BCUT2D eigenvalue weighted by molar-refractivity contribution is 1.13. The monoisotopic (exact) mass is 551 g/mol. The molecule has 0 aliphatic carbocycles. The van der Waals surface area contributed by atoms with Crippen LogP contribution in [0.2, 0.25) is 0 Å². The van der Waals surface area contributed by atoms with Crippen LogP contribution in [0, 0.1) is 6.92 Å². The van der Waals surface area contributed by atoms with E-state index in [0.717, 1.165) is 33.6 Å². The molecule has 2 heterocycles. The molecule has 0 radical (unpaired) electrons. The summed E-state index contributed by atoms with van der Waals surface area (Å²) in [5.74, 6) is 1.67. The van der Waals surface area contributed by atoms with Gasteiger partial charge in [-0.1, -0.05) is 145 Å². The van der Waals surface area contributed by atoms with Crippen LogP contribution in [-0.4, -0.2) is 25.7 Å². The minimum Gasteiger partial charge on any atom is -0.276 e. The number of rotatable bonds is 4. The van der Waals surface area contributed by atoms with Gasteiger partial charge in [-0.05, 0) is 41.9 Å². The molecular formula is C35H26N3PS. The maximum atomic E-state index is 6.31. The molecule has 0 saturated heterocycles. The average Bonchev–Trinajstić information content (AvgIpc) is 3.40. The SMILES string of the molecule is Cc1ccc(C2=NC(=S)C(=P(c3ccccc3)(c3ccccc3)c3ccccc3)c3nc4ccccc4n32)cc1. The van der Waals surface area contributed by atoms with Crippen molar-refractivity contribution in [3.63, 3.8) is 0 Å². The van der Waals surface area contributed by atoms with Crippen LogP contribution < -0.4 is 15.9 Å². The van der Waals surface area contributed by atoms with Gasteiger partial charge < -0.3 is 0 Å². The van der Waals surface area contributed by atoms with Crippen LogP contribution >= 0.6 is 19.1 Å². The molecule has 0 bridgehead atoms. The van der Waals surface area contributed by atoms with Gasteiger partial charge >= 0.3 is 0 Å². The lowest BCUT2D eigenvalue weighted by Gasteiger charge is -2.34. The Balaban J connectivity index is 1.71. The number of nitrogens with zero attached hydrogens (tertiary/aromatic N) is 3. The Morgan fingerprint density at radius 2 is 1.10 bits per heavy atom. The number of thiocarbonyl (C=S) groups is 1. The third-order valence-corrected chi connectivity index (χ3v) is 12.2. The first-order chi connectivity index (χ1) is 19.7. The molecular weight excluding hydrogens is 525 g/mol. The fraction of sp³-hybridized carbons (Fsp3) is 0.0286. The number of aliphatic imine (C=N–C) groups is 1. The fourth-order valence-corrected chi connectivity index (χ4v) is 10.6. The predicted octanol–water partition coefficient (Wildman–Crippen LogP) is 6.50. The Hall–Kier alpha value is -4.37. The molecule has 40 heavy (non-hydrogen) atoms. The Morgan fingerprint density at radius 3 is 1.65 bits per heavy atom. The summed E-state index contributed by atoms with van der Waals surface area (Å²) in [6, 6.07) is 49.1. The maximum absolute atomic E-state index is 6.31. The Kier molecular flexibility index (Phi) is 6.15. The second-order valence-electron chi connectivity index (χ2n) is 9.89. The number of aromatic nitrogens is 2. The van der Waals surface area contributed by atoms with Crippen molar-refractivity contribution in [1.82, 2.24) is 9.55 Å². The largest absolute Gasteiger partial charge is 0.276 e. The topological polar surface area (TPSA) is 30.2 Å². The van der Waals surface area contributed by atoms with Gasteiger partial charge in [0.1, 0.15) is 10.8 Å². The van der Waals surface area contributed by atoms with Gasteiger partial charge in [-0.25, -0.2) is 9.98 Å². The molecule has 0 amide bonds. The molecule has 3 nitrogen and oxygen atoms in total. The van der Waals surface area contributed by atoms with E-state index in [0.29, 0.717) is 4.99 Å². The number of hydrogen-bond acceptors (Lipinski definition) is 2. The third kappa shape index (κ3) is 3.83. The van der Waals surface area contributed by atoms with Crippen LogP contribution in [0.5, 0.6) is 0 Å². The van der Waals surface area contributed by atoms with Crippen LogP contribution in [0.25, 0.3) is 11.0 Å².